The Kier molecular flexibility index (Phi) is 6.07. The Morgan fingerprint density at radius 2 is 1.72 bits per heavy atom. The van der Waals surface area contributed by atoms with E-state index >= 15 is 0 Å². The third-order valence-corrected chi connectivity index (χ3v) is 3.41. The molecule has 0 aromatic heterocycles. The van der Waals surface area contributed by atoms with E-state index in [0.717, 1.165) is 11.6 Å². The third kappa shape index (κ3) is 5.57. The second-order valence-corrected chi connectivity index (χ2v) is 5.34. The van der Waals surface area contributed by atoms with Crippen molar-refractivity contribution in [2.45, 2.75) is 12.7 Å². The van der Waals surface area contributed by atoms with Crippen LogP contribution in [0.25, 0.3) is 0 Å². The van der Waals surface area contributed by atoms with Crippen molar-refractivity contribution in [3.8, 4) is 11.8 Å². The van der Waals surface area contributed by atoms with E-state index in [1.54, 1.807) is 0 Å². The van der Waals surface area contributed by atoms with Crippen molar-refractivity contribution in [1.82, 2.24) is 10.2 Å². The minimum Gasteiger partial charge on any atom is -0.327 e. The summed E-state index contributed by atoms with van der Waals surface area (Å²) in [5.74, 6) is 5.68. The molecule has 130 valence electrons. The van der Waals surface area contributed by atoms with Crippen LogP contribution in [0.5, 0.6) is 0 Å². The number of urea groups is 1. The van der Waals surface area contributed by atoms with Crippen molar-refractivity contribution >= 4 is 6.03 Å². The maximum atomic E-state index is 13.0. The van der Waals surface area contributed by atoms with Crippen LogP contribution in [0.15, 0.2) is 54.6 Å². The van der Waals surface area contributed by atoms with Gasteiger partial charge in [-0.15, -0.1) is 0 Å². The number of carbonyl (C=O) groups excluding carboxylic acids is 1. The summed E-state index contributed by atoms with van der Waals surface area (Å²) in [5, 5.41) is 2.56. The van der Waals surface area contributed by atoms with E-state index in [0.29, 0.717) is 0 Å². The van der Waals surface area contributed by atoms with Crippen LogP contribution in [0.3, 0.4) is 0 Å². The Morgan fingerprint density at radius 1 is 1.08 bits per heavy atom. The molecule has 0 heterocycles. The molecule has 25 heavy (non-hydrogen) atoms. The molecule has 0 aliphatic heterocycles. The topological polar surface area (TPSA) is 32.3 Å². The lowest BCUT2D eigenvalue weighted by Gasteiger charge is -2.20. The van der Waals surface area contributed by atoms with Crippen LogP contribution in [-0.4, -0.2) is 24.5 Å². The molecule has 2 rings (SSSR count). The van der Waals surface area contributed by atoms with Crippen molar-refractivity contribution in [2.24, 2.45) is 0 Å². The van der Waals surface area contributed by atoms with Gasteiger partial charge in [-0.05, 0) is 23.8 Å². The molecular formula is C19H17F3N2O. The quantitative estimate of drug-likeness (QED) is 0.840. The molecule has 0 saturated carbocycles. The van der Waals surface area contributed by atoms with Crippen molar-refractivity contribution in [3.63, 3.8) is 0 Å². The lowest BCUT2D eigenvalue weighted by Crippen LogP contribution is -2.37. The van der Waals surface area contributed by atoms with Crippen molar-refractivity contribution in [3.05, 3.63) is 71.3 Å². The van der Waals surface area contributed by atoms with Crippen LogP contribution < -0.4 is 5.32 Å². The lowest BCUT2D eigenvalue weighted by atomic mass is 10.1. The van der Waals surface area contributed by atoms with Crippen LogP contribution in [0, 0.1) is 11.8 Å². The van der Waals surface area contributed by atoms with Gasteiger partial charge in [0.25, 0.3) is 0 Å². The van der Waals surface area contributed by atoms with Crippen molar-refractivity contribution in [2.75, 3.05) is 13.6 Å². The molecule has 0 bridgehead atoms. The number of hydrogen-bond donors (Lipinski definition) is 1. The normalized spacial score (nSPS) is 10.6. The average Bonchev–Trinajstić information content (AvgIpc) is 2.59. The van der Waals surface area contributed by atoms with Crippen LogP contribution in [-0.2, 0) is 12.7 Å². The summed E-state index contributed by atoms with van der Waals surface area (Å²) < 4.78 is 38.9. The van der Waals surface area contributed by atoms with Gasteiger partial charge in [-0.3, -0.25) is 0 Å². The highest BCUT2D eigenvalue weighted by Gasteiger charge is 2.33. The SMILES string of the molecule is CN(Cc1ccccc1C(F)(F)F)C(=O)NCC#Cc1ccccc1. The molecule has 3 nitrogen and oxygen atoms in total. The fourth-order valence-electron chi connectivity index (χ4n) is 2.18. The summed E-state index contributed by atoms with van der Waals surface area (Å²) in [6, 6.07) is 14.0. The Bertz CT molecular complexity index is 776. The molecule has 0 saturated heterocycles. The Labute approximate surface area is 144 Å². The highest BCUT2D eigenvalue weighted by molar-refractivity contribution is 5.74. The molecule has 0 radical (unpaired) electrons. The average molecular weight is 346 g/mol. The van der Waals surface area contributed by atoms with E-state index in [-0.39, 0.29) is 18.7 Å². The van der Waals surface area contributed by atoms with Crippen LogP contribution in [0.1, 0.15) is 16.7 Å². The molecule has 0 unspecified atom stereocenters. The molecule has 1 N–H and O–H groups in total. The first kappa shape index (κ1) is 18.4. The highest BCUT2D eigenvalue weighted by Crippen LogP contribution is 2.32. The van der Waals surface area contributed by atoms with E-state index in [1.165, 1.54) is 30.1 Å². The van der Waals surface area contributed by atoms with Gasteiger partial charge in [-0.2, -0.15) is 13.2 Å². The zero-order valence-corrected chi connectivity index (χ0v) is 13.6. The number of rotatable bonds is 3. The fourth-order valence-corrected chi connectivity index (χ4v) is 2.18. The summed E-state index contributed by atoms with van der Waals surface area (Å²) in [6.45, 7) is -0.0351. The van der Waals surface area contributed by atoms with E-state index in [1.807, 2.05) is 30.3 Å². The Hall–Kier alpha value is -2.94. The summed E-state index contributed by atoms with van der Waals surface area (Å²) in [7, 11) is 1.44. The Morgan fingerprint density at radius 3 is 2.40 bits per heavy atom. The fraction of sp³-hybridized carbons (Fsp3) is 0.211. The molecule has 2 aromatic carbocycles. The smallest absolute Gasteiger partial charge is 0.327 e. The minimum atomic E-state index is -4.45. The summed E-state index contributed by atoms with van der Waals surface area (Å²) in [5.41, 5.74) is 0.130. The third-order valence-electron chi connectivity index (χ3n) is 3.41. The van der Waals surface area contributed by atoms with E-state index in [2.05, 4.69) is 17.2 Å². The van der Waals surface area contributed by atoms with Gasteiger partial charge in [0.05, 0.1) is 12.1 Å². The predicted molar refractivity (Wildman–Crippen MR) is 89.6 cm³/mol. The predicted octanol–water partition coefficient (Wildman–Crippen LogP) is 3.90. The first-order valence-corrected chi connectivity index (χ1v) is 7.56. The van der Waals surface area contributed by atoms with Crippen molar-refractivity contribution in [1.29, 1.82) is 0 Å². The highest BCUT2D eigenvalue weighted by atomic mass is 19.4. The first-order valence-electron chi connectivity index (χ1n) is 7.56. The largest absolute Gasteiger partial charge is 0.416 e. The molecule has 0 atom stereocenters. The second-order valence-electron chi connectivity index (χ2n) is 5.34. The summed E-state index contributed by atoms with van der Waals surface area (Å²) >= 11 is 0. The molecule has 6 heteroatoms. The first-order chi connectivity index (χ1) is 11.9. The molecule has 0 aliphatic rings. The van der Waals surface area contributed by atoms with E-state index in [9.17, 15) is 18.0 Å². The lowest BCUT2D eigenvalue weighted by molar-refractivity contribution is -0.138. The molecule has 0 fully saturated rings. The summed E-state index contributed by atoms with van der Waals surface area (Å²) in [6.07, 6.45) is -4.45. The second kappa shape index (κ2) is 8.25. The minimum absolute atomic E-state index is 0.0445. The van der Waals surface area contributed by atoms with Gasteiger partial charge in [-0.25, -0.2) is 4.79 Å². The van der Waals surface area contributed by atoms with Crippen LogP contribution >= 0.6 is 0 Å². The van der Waals surface area contributed by atoms with Gasteiger partial charge in [0, 0.05) is 19.2 Å². The van der Waals surface area contributed by atoms with Crippen LogP contribution in [0.2, 0.25) is 0 Å². The number of hydrogen-bond acceptors (Lipinski definition) is 1. The number of nitrogens with zero attached hydrogens (tertiary/aromatic N) is 1. The number of carbonyl (C=O) groups is 1. The zero-order chi connectivity index (χ0) is 18.3. The van der Waals surface area contributed by atoms with E-state index in [4.69, 9.17) is 0 Å². The maximum absolute atomic E-state index is 13.0. The van der Waals surface area contributed by atoms with Gasteiger partial charge >= 0.3 is 12.2 Å². The molecular weight excluding hydrogens is 329 g/mol. The number of halogens is 3. The maximum Gasteiger partial charge on any atom is 0.416 e. The number of alkyl halides is 3. The molecule has 2 aromatic rings. The van der Waals surface area contributed by atoms with Gasteiger partial charge in [0.2, 0.25) is 0 Å². The van der Waals surface area contributed by atoms with Gasteiger partial charge in [-0.1, -0.05) is 48.2 Å². The van der Waals surface area contributed by atoms with Crippen molar-refractivity contribution < 1.29 is 18.0 Å². The number of amides is 2. The van der Waals surface area contributed by atoms with Gasteiger partial charge < -0.3 is 10.2 Å². The Balaban J connectivity index is 1.92. The van der Waals surface area contributed by atoms with Crippen LogP contribution in [0.4, 0.5) is 18.0 Å². The summed E-state index contributed by atoms with van der Waals surface area (Å²) in [4.78, 5) is 13.2. The van der Waals surface area contributed by atoms with Gasteiger partial charge in [0.15, 0.2) is 0 Å². The molecule has 0 spiro atoms. The van der Waals surface area contributed by atoms with Gasteiger partial charge in [0.1, 0.15) is 0 Å². The standard InChI is InChI=1S/C19H17F3N2O/c1-24(14-16-11-5-6-12-17(16)19(20,21)22)18(25)23-13-7-10-15-8-3-2-4-9-15/h2-6,8-9,11-12H,13-14H2,1H3,(H,23,25). The number of benzene rings is 2. The molecule has 2 amide bonds. The zero-order valence-electron chi connectivity index (χ0n) is 13.6. The van der Waals surface area contributed by atoms with E-state index < -0.39 is 17.8 Å². The number of nitrogens with one attached hydrogen (secondary N) is 1. The molecule has 0 aliphatic carbocycles. The monoisotopic (exact) mass is 346 g/mol.